The van der Waals surface area contributed by atoms with Crippen LogP contribution in [0.2, 0.25) is 0 Å². The van der Waals surface area contributed by atoms with Crippen LogP contribution in [0.4, 0.5) is 11.9 Å². The van der Waals surface area contributed by atoms with Crippen LogP contribution in [-0.2, 0) is 0 Å². The molecule has 0 saturated carbocycles. The monoisotopic (exact) mass is 297 g/mol. The molecule has 0 amide bonds. The Labute approximate surface area is 126 Å². The van der Waals surface area contributed by atoms with Crippen LogP contribution in [0.25, 0.3) is 10.9 Å². The number of aryl methyl sites for hydroxylation is 2. The molecular weight excluding hydrogens is 282 g/mol. The van der Waals surface area contributed by atoms with E-state index in [1.807, 2.05) is 32.0 Å². The van der Waals surface area contributed by atoms with Crippen molar-refractivity contribution in [3.63, 3.8) is 0 Å². The second kappa shape index (κ2) is 5.10. The summed E-state index contributed by atoms with van der Waals surface area (Å²) in [7, 11) is 0. The van der Waals surface area contributed by atoms with Crippen LogP contribution in [0.3, 0.4) is 0 Å². The highest BCUT2D eigenvalue weighted by Crippen LogP contribution is 2.20. The van der Waals surface area contributed by atoms with Gasteiger partial charge in [0.1, 0.15) is 0 Å². The number of fused-ring (bicyclic) bond motifs is 1. The van der Waals surface area contributed by atoms with Crippen molar-refractivity contribution >= 4 is 22.8 Å². The zero-order valence-corrected chi connectivity index (χ0v) is 12.4. The molecule has 7 heteroatoms. The van der Waals surface area contributed by atoms with Gasteiger partial charge in [0.25, 0.3) is 5.56 Å². The fourth-order valence-electron chi connectivity index (χ4n) is 2.14. The number of nitrogens with zero attached hydrogens (tertiary/aromatic N) is 3. The van der Waals surface area contributed by atoms with Crippen LogP contribution < -0.4 is 10.9 Å². The first-order chi connectivity index (χ1) is 10.4. The number of aromatic nitrogens is 4. The summed E-state index contributed by atoms with van der Waals surface area (Å²) in [6.45, 7) is 5.36. The van der Waals surface area contributed by atoms with Crippen LogP contribution in [-0.4, -0.2) is 25.0 Å². The lowest BCUT2D eigenvalue weighted by Gasteiger charge is -2.08. The van der Waals surface area contributed by atoms with Gasteiger partial charge in [-0.15, -0.1) is 0 Å². The van der Waals surface area contributed by atoms with E-state index in [0.717, 1.165) is 22.2 Å². The number of benzene rings is 1. The van der Waals surface area contributed by atoms with E-state index in [2.05, 4.69) is 25.3 Å². The molecule has 22 heavy (non-hydrogen) atoms. The zero-order chi connectivity index (χ0) is 15.9. The van der Waals surface area contributed by atoms with Gasteiger partial charge in [0.15, 0.2) is 0 Å². The largest absolute Gasteiger partial charge is 0.493 e. The van der Waals surface area contributed by atoms with Crippen molar-refractivity contribution in [1.29, 1.82) is 0 Å². The van der Waals surface area contributed by atoms with Crippen LogP contribution >= 0.6 is 0 Å². The van der Waals surface area contributed by atoms with Crippen LogP contribution in [0.15, 0.2) is 23.0 Å². The number of hydrogen-bond acceptors (Lipinski definition) is 6. The van der Waals surface area contributed by atoms with Crippen molar-refractivity contribution in [2.45, 2.75) is 20.8 Å². The van der Waals surface area contributed by atoms with Crippen molar-refractivity contribution in [3.05, 3.63) is 45.4 Å². The molecule has 7 nitrogen and oxygen atoms in total. The summed E-state index contributed by atoms with van der Waals surface area (Å²) in [6.07, 6.45) is 0. The van der Waals surface area contributed by atoms with Gasteiger partial charge in [-0.25, -0.2) is 9.97 Å². The molecule has 1 aromatic carbocycles. The fourth-order valence-corrected chi connectivity index (χ4v) is 2.14. The summed E-state index contributed by atoms with van der Waals surface area (Å²) in [5.41, 5.74) is 2.45. The highest BCUT2D eigenvalue weighted by Gasteiger charge is 2.09. The number of nitrogens with one attached hydrogen (secondary N) is 2. The second-order valence-corrected chi connectivity index (χ2v) is 5.14. The number of hydrogen-bond donors (Lipinski definition) is 3. The maximum Gasteiger partial charge on any atom is 0.259 e. The molecule has 0 spiro atoms. The van der Waals surface area contributed by atoms with E-state index in [1.54, 1.807) is 0 Å². The van der Waals surface area contributed by atoms with E-state index >= 15 is 0 Å². The van der Waals surface area contributed by atoms with Crippen molar-refractivity contribution in [1.82, 2.24) is 19.9 Å². The Hall–Kier alpha value is -2.96. The third-order valence-corrected chi connectivity index (χ3v) is 3.40. The minimum absolute atomic E-state index is 0.0968. The zero-order valence-electron chi connectivity index (χ0n) is 12.4. The Morgan fingerprint density at radius 2 is 1.91 bits per heavy atom. The molecule has 0 saturated heterocycles. The molecule has 0 unspecified atom stereocenters. The first kappa shape index (κ1) is 14.0. The third kappa shape index (κ3) is 2.48. The van der Waals surface area contributed by atoms with Crippen molar-refractivity contribution in [2.75, 3.05) is 5.32 Å². The van der Waals surface area contributed by atoms with Crippen molar-refractivity contribution in [3.8, 4) is 5.88 Å². The van der Waals surface area contributed by atoms with Crippen LogP contribution in [0.5, 0.6) is 5.88 Å². The van der Waals surface area contributed by atoms with Crippen LogP contribution in [0, 0.1) is 20.8 Å². The topological polar surface area (TPSA) is 104 Å². The predicted octanol–water partition coefficient (Wildman–Crippen LogP) is 2.09. The third-order valence-electron chi connectivity index (χ3n) is 3.40. The van der Waals surface area contributed by atoms with E-state index in [4.69, 9.17) is 0 Å². The van der Waals surface area contributed by atoms with Crippen molar-refractivity contribution in [2.24, 2.45) is 0 Å². The highest BCUT2D eigenvalue weighted by molar-refractivity contribution is 5.82. The van der Waals surface area contributed by atoms with Gasteiger partial charge in [-0.2, -0.15) is 4.98 Å². The Kier molecular flexibility index (Phi) is 3.25. The SMILES string of the molecule is Cc1ccc2c(C)nc(Nc3nc(O)c(C)c(=O)[nH]3)nc2c1. The van der Waals surface area contributed by atoms with Gasteiger partial charge in [0.05, 0.1) is 16.8 Å². The summed E-state index contributed by atoms with van der Waals surface area (Å²) < 4.78 is 0. The predicted molar refractivity (Wildman–Crippen MR) is 83.6 cm³/mol. The molecule has 0 aliphatic carbocycles. The van der Waals surface area contributed by atoms with Crippen LogP contribution in [0.1, 0.15) is 16.8 Å². The molecule has 3 N–H and O–H groups in total. The maximum absolute atomic E-state index is 11.6. The molecular formula is C15H15N5O2. The molecule has 3 rings (SSSR count). The number of rotatable bonds is 2. The van der Waals surface area contributed by atoms with Gasteiger partial charge in [-0.3, -0.25) is 15.1 Å². The number of H-pyrrole nitrogens is 1. The van der Waals surface area contributed by atoms with Gasteiger partial charge in [-0.05, 0) is 32.4 Å². The number of aromatic amines is 1. The molecule has 0 fully saturated rings. The molecule has 2 heterocycles. The molecule has 0 radical (unpaired) electrons. The molecule has 0 aliphatic rings. The summed E-state index contributed by atoms with van der Waals surface area (Å²) in [6, 6.07) is 5.93. The maximum atomic E-state index is 11.6. The summed E-state index contributed by atoms with van der Waals surface area (Å²) in [4.78, 5) is 26.8. The Morgan fingerprint density at radius 1 is 1.14 bits per heavy atom. The normalized spacial score (nSPS) is 10.9. The lowest BCUT2D eigenvalue weighted by atomic mass is 10.1. The molecule has 112 valence electrons. The Morgan fingerprint density at radius 3 is 2.64 bits per heavy atom. The second-order valence-electron chi connectivity index (χ2n) is 5.14. The summed E-state index contributed by atoms with van der Waals surface area (Å²) >= 11 is 0. The minimum Gasteiger partial charge on any atom is -0.493 e. The molecule has 3 aromatic rings. The molecule has 0 atom stereocenters. The molecule has 0 aliphatic heterocycles. The van der Waals surface area contributed by atoms with E-state index < -0.39 is 5.56 Å². The fraction of sp³-hybridized carbons (Fsp3) is 0.200. The summed E-state index contributed by atoms with van der Waals surface area (Å²) in [5.74, 6) is 0.0844. The number of aromatic hydroxyl groups is 1. The summed E-state index contributed by atoms with van der Waals surface area (Å²) in [5, 5.41) is 13.4. The number of anilines is 2. The molecule has 2 aromatic heterocycles. The standard InChI is InChI=1S/C15H15N5O2/c1-7-4-5-10-9(3)16-14(17-11(10)6-7)20-15-18-12(21)8(2)13(22)19-15/h4-6H,1-3H3,(H3,16,17,18,19,20,21,22). The van der Waals surface area contributed by atoms with Gasteiger partial charge in [0, 0.05) is 5.39 Å². The smallest absolute Gasteiger partial charge is 0.259 e. The average Bonchev–Trinajstić information content (AvgIpc) is 2.44. The van der Waals surface area contributed by atoms with Gasteiger partial charge in [0.2, 0.25) is 17.8 Å². The van der Waals surface area contributed by atoms with Gasteiger partial charge in [-0.1, -0.05) is 12.1 Å². The quantitative estimate of drug-likeness (QED) is 0.669. The first-order valence-electron chi connectivity index (χ1n) is 6.76. The van der Waals surface area contributed by atoms with E-state index in [9.17, 15) is 9.90 Å². The Balaban J connectivity index is 2.06. The minimum atomic E-state index is -0.414. The van der Waals surface area contributed by atoms with E-state index in [-0.39, 0.29) is 17.4 Å². The Bertz CT molecular complexity index is 933. The van der Waals surface area contributed by atoms with Gasteiger partial charge < -0.3 is 5.11 Å². The molecule has 0 bridgehead atoms. The lowest BCUT2D eigenvalue weighted by molar-refractivity contribution is 0.447. The van der Waals surface area contributed by atoms with Gasteiger partial charge >= 0.3 is 0 Å². The first-order valence-corrected chi connectivity index (χ1v) is 6.76. The lowest BCUT2D eigenvalue weighted by Crippen LogP contribution is -2.14. The van der Waals surface area contributed by atoms with E-state index in [0.29, 0.717) is 5.95 Å². The average molecular weight is 297 g/mol. The van der Waals surface area contributed by atoms with Crippen molar-refractivity contribution < 1.29 is 5.11 Å². The highest BCUT2D eigenvalue weighted by atomic mass is 16.3. The van der Waals surface area contributed by atoms with E-state index in [1.165, 1.54) is 6.92 Å².